The van der Waals surface area contributed by atoms with E-state index in [4.69, 9.17) is 11.6 Å². The summed E-state index contributed by atoms with van der Waals surface area (Å²) in [4.78, 5) is 23.4. The van der Waals surface area contributed by atoms with Crippen molar-refractivity contribution in [2.75, 3.05) is 6.54 Å². The summed E-state index contributed by atoms with van der Waals surface area (Å²) in [6.45, 7) is 0.764. The summed E-state index contributed by atoms with van der Waals surface area (Å²) in [6.07, 6.45) is 3.66. The number of aromatic carboxylic acids is 1. The lowest BCUT2D eigenvalue weighted by atomic mass is 9.73. The molecule has 0 unspecified atom stereocenters. The summed E-state index contributed by atoms with van der Waals surface area (Å²) >= 11 is 7.49. The number of carboxylic acid groups (broad SMARTS) is 2. The second kappa shape index (κ2) is 8.62. The standard InChI is InChI=1S/C17H20ClNO4S.ClH/c18-11-2-4-15(13(7-11)16(20)21)24-12-3-1-9-8-19-14(17(22)23)6-10(9)5-12;/h2,4,7,9-10,12,14,19H,1,3,5-6,8H2,(H,20,21)(H,22,23);1H/t9-,10-,12-,14-;/m0./s1. The van der Waals surface area contributed by atoms with E-state index in [9.17, 15) is 19.8 Å². The Labute approximate surface area is 161 Å². The molecule has 1 heterocycles. The maximum absolute atomic E-state index is 11.4. The van der Waals surface area contributed by atoms with Gasteiger partial charge in [0.25, 0.3) is 0 Å². The highest BCUT2D eigenvalue weighted by Crippen LogP contribution is 2.43. The second-order valence-electron chi connectivity index (χ2n) is 6.55. The highest BCUT2D eigenvalue weighted by Gasteiger charge is 2.38. The van der Waals surface area contributed by atoms with Crippen LogP contribution in [-0.4, -0.2) is 40.0 Å². The molecule has 1 aliphatic carbocycles. The molecular formula is C17H21Cl2NO4S. The first-order chi connectivity index (χ1) is 11.4. The Bertz CT molecular complexity index is 658. The summed E-state index contributed by atoms with van der Waals surface area (Å²) in [5, 5.41) is 22.4. The van der Waals surface area contributed by atoms with Crippen molar-refractivity contribution < 1.29 is 19.8 Å². The topological polar surface area (TPSA) is 86.6 Å². The van der Waals surface area contributed by atoms with E-state index in [2.05, 4.69) is 5.32 Å². The van der Waals surface area contributed by atoms with Crippen LogP contribution in [0.2, 0.25) is 5.02 Å². The van der Waals surface area contributed by atoms with Gasteiger partial charge in [0.15, 0.2) is 0 Å². The van der Waals surface area contributed by atoms with Crippen molar-refractivity contribution in [2.45, 2.75) is 41.9 Å². The largest absolute Gasteiger partial charge is 0.480 e. The Morgan fingerprint density at radius 2 is 1.92 bits per heavy atom. The third kappa shape index (κ3) is 4.82. The number of fused-ring (bicyclic) bond motifs is 1. The van der Waals surface area contributed by atoms with E-state index in [1.807, 2.05) is 0 Å². The number of nitrogens with one attached hydrogen (secondary N) is 1. The summed E-state index contributed by atoms with van der Waals surface area (Å²) in [5.74, 6) is -0.837. The lowest BCUT2D eigenvalue weighted by molar-refractivity contribution is -0.141. The molecule has 1 saturated heterocycles. The van der Waals surface area contributed by atoms with Crippen LogP contribution in [0.4, 0.5) is 0 Å². The van der Waals surface area contributed by atoms with Gasteiger partial charge in [-0.05, 0) is 62.3 Å². The lowest BCUT2D eigenvalue weighted by Gasteiger charge is -2.41. The molecule has 3 rings (SSSR count). The number of thioether (sulfide) groups is 1. The van der Waals surface area contributed by atoms with Crippen molar-refractivity contribution in [3.63, 3.8) is 0 Å². The number of aliphatic carboxylic acids is 1. The van der Waals surface area contributed by atoms with E-state index in [-0.39, 0.29) is 18.0 Å². The third-order valence-corrected chi connectivity index (χ3v) is 6.63. The van der Waals surface area contributed by atoms with Gasteiger partial charge in [-0.3, -0.25) is 4.79 Å². The average molecular weight is 406 g/mol. The Balaban J connectivity index is 0.00000225. The molecule has 1 saturated carbocycles. The van der Waals surface area contributed by atoms with Crippen molar-refractivity contribution in [1.29, 1.82) is 0 Å². The molecule has 4 atom stereocenters. The Hall–Kier alpha value is -0.950. The van der Waals surface area contributed by atoms with Gasteiger partial charge in [-0.25, -0.2) is 4.79 Å². The van der Waals surface area contributed by atoms with E-state index in [1.165, 1.54) is 6.07 Å². The molecule has 2 fully saturated rings. The average Bonchev–Trinajstić information content (AvgIpc) is 2.55. The van der Waals surface area contributed by atoms with Crippen molar-refractivity contribution in [2.24, 2.45) is 11.8 Å². The summed E-state index contributed by atoms with van der Waals surface area (Å²) in [7, 11) is 0. The first-order valence-electron chi connectivity index (χ1n) is 8.09. The molecule has 0 radical (unpaired) electrons. The second-order valence-corrected chi connectivity index (χ2v) is 8.33. The predicted molar refractivity (Wildman–Crippen MR) is 100 cm³/mol. The van der Waals surface area contributed by atoms with E-state index in [1.54, 1.807) is 23.9 Å². The van der Waals surface area contributed by atoms with Crippen LogP contribution in [-0.2, 0) is 4.79 Å². The van der Waals surface area contributed by atoms with Crippen molar-refractivity contribution >= 4 is 47.7 Å². The fourth-order valence-corrected chi connectivity index (χ4v) is 5.32. The molecule has 0 bridgehead atoms. The van der Waals surface area contributed by atoms with Gasteiger partial charge in [0.2, 0.25) is 0 Å². The molecular weight excluding hydrogens is 385 g/mol. The molecule has 1 aliphatic heterocycles. The van der Waals surface area contributed by atoms with Gasteiger partial charge in [0.05, 0.1) is 5.56 Å². The number of benzene rings is 1. The van der Waals surface area contributed by atoms with E-state index >= 15 is 0 Å². The van der Waals surface area contributed by atoms with Gasteiger partial charge in [0, 0.05) is 15.2 Å². The van der Waals surface area contributed by atoms with Crippen LogP contribution in [0.3, 0.4) is 0 Å². The van der Waals surface area contributed by atoms with Crippen molar-refractivity contribution in [3.05, 3.63) is 28.8 Å². The zero-order chi connectivity index (χ0) is 17.3. The third-order valence-electron chi connectivity index (χ3n) is 5.02. The first kappa shape index (κ1) is 20.4. The Kier molecular flexibility index (Phi) is 7.02. The fraction of sp³-hybridized carbons (Fsp3) is 0.529. The SMILES string of the molecule is Cl.O=C(O)c1cc(Cl)ccc1S[C@H]1CC[C@H]2CN[C@H](C(=O)O)C[C@@H]2C1. The maximum atomic E-state index is 11.4. The molecule has 25 heavy (non-hydrogen) atoms. The van der Waals surface area contributed by atoms with Gasteiger partial charge < -0.3 is 15.5 Å². The molecule has 5 nitrogen and oxygen atoms in total. The normalized spacial score (nSPS) is 28.5. The highest BCUT2D eigenvalue weighted by atomic mass is 35.5. The number of carboxylic acids is 2. The molecule has 1 aromatic rings. The highest BCUT2D eigenvalue weighted by molar-refractivity contribution is 8.00. The number of hydrogen-bond acceptors (Lipinski definition) is 4. The number of rotatable bonds is 4. The van der Waals surface area contributed by atoms with Crippen LogP contribution in [0, 0.1) is 11.8 Å². The molecule has 1 aromatic carbocycles. The van der Waals surface area contributed by atoms with Crippen LogP contribution in [0.1, 0.15) is 36.0 Å². The molecule has 0 spiro atoms. The molecule has 138 valence electrons. The van der Waals surface area contributed by atoms with Crippen LogP contribution < -0.4 is 5.32 Å². The fourth-order valence-electron chi connectivity index (χ4n) is 3.77. The van der Waals surface area contributed by atoms with E-state index in [0.717, 1.165) is 30.7 Å². The van der Waals surface area contributed by atoms with Gasteiger partial charge in [-0.15, -0.1) is 24.2 Å². The smallest absolute Gasteiger partial charge is 0.336 e. The van der Waals surface area contributed by atoms with Crippen LogP contribution in [0.5, 0.6) is 0 Å². The minimum absolute atomic E-state index is 0. The van der Waals surface area contributed by atoms with Crippen molar-refractivity contribution in [1.82, 2.24) is 5.32 Å². The molecule has 2 aliphatic rings. The number of hydrogen-bond donors (Lipinski definition) is 3. The molecule has 0 aromatic heterocycles. The monoisotopic (exact) mass is 405 g/mol. The van der Waals surface area contributed by atoms with Gasteiger partial charge in [0.1, 0.15) is 6.04 Å². The lowest BCUT2D eigenvalue weighted by Crippen LogP contribution is -2.49. The van der Waals surface area contributed by atoms with Gasteiger partial charge in [-0.2, -0.15) is 0 Å². The van der Waals surface area contributed by atoms with Crippen LogP contribution >= 0.6 is 35.8 Å². The van der Waals surface area contributed by atoms with E-state index in [0.29, 0.717) is 28.5 Å². The number of piperidine rings is 1. The Morgan fingerprint density at radius 1 is 1.16 bits per heavy atom. The summed E-state index contributed by atoms with van der Waals surface area (Å²) in [6, 6.07) is 4.51. The predicted octanol–water partition coefficient (Wildman–Crippen LogP) is 3.78. The zero-order valence-electron chi connectivity index (χ0n) is 13.5. The quantitative estimate of drug-likeness (QED) is 0.706. The molecule has 0 amide bonds. The van der Waals surface area contributed by atoms with Crippen LogP contribution in [0.15, 0.2) is 23.1 Å². The molecule has 8 heteroatoms. The first-order valence-corrected chi connectivity index (χ1v) is 9.35. The number of carbonyl (C=O) groups is 2. The Morgan fingerprint density at radius 3 is 2.60 bits per heavy atom. The summed E-state index contributed by atoms with van der Waals surface area (Å²) < 4.78 is 0. The zero-order valence-corrected chi connectivity index (χ0v) is 15.9. The maximum Gasteiger partial charge on any atom is 0.336 e. The van der Waals surface area contributed by atoms with Crippen molar-refractivity contribution in [3.8, 4) is 0 Å². The van der Waals surface area contributed by atoms with Gasteiger partial charge >= 0.3 is 11.9 Å². The summed E-state index contributed by atoms with van der Waals surface area (Å²) in [5.41, 5.74) is 0.239. The van der Waals surface area contributed by atoms with E-state index < -0.39 is 18.0 Å². The molecule has 3 N–H and O–H groups in total. The number of halogens is 2. The minimum Gasteiger partial charge on any atom is -0.480 e. The minimum atomic E-state index is -0.971. The van der Waals surface area contributed by atoms with Crippen LogP contribution in [0.25, 0.3) is 0 Å². The van der Waals surface area contributed by atoms with Gasteiger partial charge in [-0.1, -0.05) is 11.6 Å².